The van der Waals surface area contributed by atoms with Crippen LogP contribution in [0.5, 0.6) is 0 Å². The fourth-order valence-electron chi connectivity index (χ4n) is 2.21. The first kappa shape index (κ1) is 15.4. The molecule has 0 aliphatic heterocycles. The van der Waals surface area contributed by atoms with E-state index in [4.69, 9.17) is 11.6 Å². The Morgan fingerprint density at radius 1 is 1.10 bits per heavy atom. The third kappa shape index (κ3) is 3.77. The Bertz CT molecular complexity index is 572. The van der Waals surface area contributed by atoms with Crippen molar-refractivity contribution >= 4 is 28.6 Å². The molecule has 0 radical (unpaired) electrons. The lowest BCUT2D eigenvalue weighted by Gasteiger charge is -2.17. The van der Waals surface area contributed by atoms with Crippen molar-refractivity contribution < 1.29 is 0 Å². The molecule has 20 heavy (non-hydrogen) atoms. The number of anilines is 1. The maximum atomic E-state index is 5.96. The Morgan fingerprint density at radius 3 is 2.40 bits per heavy atom. The summed E-state index contributed by atoms with van der Waals surface area (Å²) in [6.45, 7) is 9.79. The number of hydrogen-bond donors (Lipinski definition) is 1. The normalized spacial score (nSPS) is 11.3. The lowest BCUT2D eigenvalue weighted by Crippen LogP contribution is -2.03. The van der Waals surface area contributed by atoms with Gasteiger partial charge in [-0.2, -0.15) is 0 Å². The first-order valence-electron chi connectivity index (χ1n) is 7.08. The summed E-state index contributed by atoms with van der Waals surface area (Å²) in [7, 11) is 0. The van der Waals surface area contributed by atoms with Crippen LogP contribution >= 0.6 is 22.9 Å². The predicted molar refractivity (Wildman–Crippen MR) is 91.3 cm³/mol. The van der Waals surface area contributed by atoms with E-state index < -0.39 is 0 Å². The summed E-state index contributed by atoms with van der Waals surface area (Å²) in [5.74, 6) is 1.08. The Labute approximate surface area is 131 Å². The Kier molecular flexibility index (Phi) is 5.11. The van der Waals surface area contributed by atoms with Crippen LogP contribution in [-0.2, 0) is 6.54 Å². The molecule has 0 bridgehead atoms. The number of thiophene rings is 1. The van der Waals surface area contributed by atoms with E-state index in [1.54, 1.807) is 11.3 Å². The first-order valence-corrected chi connectivity index (χ1v) is 8.33. The average Bonchev–Trinajstić information content (AvgIpc) is 2.81. The highest BCUT2D eigenvalue weighted by Crippen LogP contribution is 2.29. The van der Waals surface area contributed by atoms with Gasteiger partial charge in [0.05, 0.1) is 5.02 Å². The standard InChI is InChI=1S/C17H22ClNS/c1-11(2)13-5-6-17(16(7-13)12(3)4)19-9-15-8-14(18)10-20-15/h5-8,10-12,19H,9H2,1-4H3. The number of benzene rings is 1. The van der Waals surface area contributed by atoms with E-state index in [1.165, 1.54) is 21.7 Å². The van der Waals surface area contributed by atoms with Gasteiger partial charge < -0.3 is 5.32 Å². The van der Waals surface area contributed by atoms with Crippen LogP contribution in [-0.4, -0.2) is 0 Å². The second-order valence-corrected chi connectivity index (χ2v) is 7.17. The minimum Gasteiger partial charge on any atom is -0.380 e. The van der Waals surface area contributed by atoms with Gasteiger partial charge in [0.25, 0.3) is 0 Å². The van der Waals surface area contributed by atoms with Crippen LogP contribution in [0.3, 0.4) is 0 Å². The Balaban J connectivity index is 2.18. The van der Waals surface area contributed by atoms with Gasteiger partial charge in [-0.3, -0.25) is 0 Å². The average molecular weight is 308 g/mol. The molecule has 0 unspecified atom stereocenters. The smallest absolute Gasteiger partial charge is 0.0516 e. The molecule has 1 nitrogen and oxygen atoms in total. The molecule has 1 heterocycles. The summed E-state index contributed by atoms with van der Waals surface area (Å²) in [5, 5.41) is 6.34. The van der Waals surface area contributed by atoms with E-state index in [0.717, 1.165) is 11.6 Å². The zero-order valence-corrected chi connectivity index (χ0v) is 14.1. The van der Waals surface area contributed by atoms with Crippen LogP contribution < -0.4 is 5.32 Å². The van der Waals surface area contributed by atoms with Crippen molar-refractivity contribution in [3.05, 3.63) is 50.7 Å². The maximum absolute atomic E-state index is 5.96. The van der Waals surface area contributed by atoms with Crippen molar-refractivity contribution in [3.8, 4) is 0 Å². The molecule has 0 saturated heterocycles. The highest BCUT2D eigenvalue weighted by atomic mass is 35.5. The monoisotopic (exact) mass is 307 g/mol. The third-order valence-electron chi connectivity index (χ3n) is 3.44. The summed E-state index contributed by atoms with van der Waals surface area (Å²) in [4.78, 5) is 1.26. The van der Waals surface area contributed by atoms with E-state index in [1.807, 2.05) is 11.4 Å². The largest absolute Gasteiger partial charge is 0.380 e. The molecule has 1 N–H and O–H groups in total. The quantitative estimate of drug-likeness (QED) is 0.687. The first-order chi connectivity index (χ1) is 9.47. The third-order valence-corrected chi connectivity index (χ3v) is 4.72. The number of rotatable bonds is 5. The fraction of sp³-hybridized carbons (Fsp3) is 0.412. The van der Waals surface area contributed by atoms with Crippen molar-refractivity contribution in [1.29, 1.82) is 0 Å². The van der Waals surface area contributed by atoms with Gasteiger partial charge in [-0.15, -0.1) is 11.3 Å². The van der Waals surface area contributed by atoms with Crippen LogP contribution in [0.1, 0.15) is 55.5 Å². The second-order valence-electron chi connectivity index (χ2n) is 5.74. The molecule has 1 aromatic carbocycles. The molecular formula is C17H22ClNS. The van der Waals surface area contributed by atoms with Crippen LogP contribution in [0.4, 0.5) is 5.69 Å². The summed E-state index contributed by atoms with van der Waals surface area (Å²) in [6, 6.07) is 8.79. The SMILES string of the molecule is CC(C)c1ccc(NCc2cc(Cl)cs2)c(C(C)C)c1. The number of hydrogen-bond acceptors (Lipinski definition) is 2. The van der Waals surface area contributed by atoms with Gasteiger partial charge >= 0.3 is 0 Å². The molecule has 108 valence electrons. The molecule has 2 rings (SSSR count). The summed E-state index contributed by atoms with van der Waals surface area (Å²) in [6.07, 6.45) is 0. The van der Waals surface area contributed by atoms with Crippen molar-refractivity contribution in [2.75, 3.05) is 5.32 Å². The van der Waals surface area contributed by atoms with Crippen LogP contribution in [0.15, 0.2) is 29.6 Å². The van der Waals surface area contributed by atoms with Gasteiger partial charge in [0.1, 0.15) is 0 Å². The van der Waals surface area contributed by atoms with Gasteiger partial charge in [-0.1, -0.05) is 51.4 Å². The van der Waals surface area contributed by atoms with E-state index in [9.17, 15) is 0 Å². The summed E-state index contributed by atoms with van der Waals surface area (Å²) in [5.41, 5.74) is 4.02. The number of nitrogens with one attached hydrogen (secondary N) is 1. The fourth-order valence-corrected chi connectivity index (χ4v) is 3.22. The minimum atomic E-state index is 0.517. The van der Waals surface area contributed by atoms with Crippen LogP contribution in [0.25, 0.3) is 0 Å². The van der Waals surface area contributed by atoms with Gasteiger partial charge in [0, 0.05) is 22.5 Å². The molecular weight excluding hydrogens is 286 g/mol. The van der Waals surface area contributed by atoms with E-state index in [0.29, 0.717) is 11.8 Å². The molecule has 0 aliphatic carbocycles. The highest BCUT2D eigenvalue weighted by molar-refractivity contribution is 7.10. The Morgan fingerprint density at radius 2 is 1.85 bits per heavy atom. The van der Waals surface area contributed by atoms with Crippen LogP contribution in [0.2, 0.25) is 5.02 Å². The van der Waals surface area contributed by atoms with E-state index >= 15 is 0 Å². The van der Waals surface area contributed by atoms with Gasteiger partial charge in [-0.25, -0.2) is 0 Å². The topological polar surface area (TPSA) is 12.0 Å². The molecule has 0 fully saturated rings. The zero-order valence-electron chi connectivity index (χ0n) is 12.5. The predicted octanol–water partition coefficient (Wildman–Crippen LogP) is 6.26. The van der Waals surface area contributed by atoms with Crippen molar-refractivity contribution in [1.82, 2.24) is 0 Å². The lowest BCUT2D eigenvalue weighted by atomic mass is 9.94. The second kappa shape index (κ2) is 6.64. The Hall–Kier alpha value is -0.990. The van der Waals surface area contributed by atoms with Gasteiger partial charge in [0.15, 0.2) is 0 Å². The van der Waals surface area contributed by atoms with Crippen molar-refractivity contribution in [2.45, 2.75) is 46.1 Å². The van der Waals surface area contributed by atoms with E-state index in [2.05, 4.69) is 51.2 Å². The van der Waals surface area contributed by atoms with Crippen molar-refractivity contribution in [2.24, 2.45) is 0 Å². The maximum Gasteiger partial charge on any atom is 0.0516 e. The number of halogens is 1. The molecule has 2 aromatic rings. The van der Waals surface area contributed by atoms with Gasteiger partial charge in [-0.05, 0) is 35.1 Å². The molecule has 0 saturated carbocycles. The molecule has 0 atom stereocenters. The van der Waals surface area contributed by atoms with Gasteiger partial charge in [0.2, 0.25) is 0 Å². The zero-order chi connectivity index (χ0) is 14.7. The lowest BCUT2D eigenvalue weighted by molar-refractivity contribution is 0.833. The molecule has 1 aromatic heterocycles. The molecule has 0 spiro atoms. The molecule has 0 amide bonds. The molecule has 0 aliphatic rings. The van der Waals surface area contributed by atoms with E-state index in [-0.39, 0.29) is 0 Å². The van der Waals surface area contributed by atoms with Crippen molar-refractivity contribution in [3.63, 3.8) is 0 Å². The minimum absolute atomic E-state index is 0.517. The highest BCUT2D eigenvalue weighted by Gasteiger charge is 2.10. The molecule has 3 heteroatoms. The van der Waals surface area contributed by atoms with Crippen LogP contribution in [0, 0.1) is 0 Å². The summed E-state index contributed by atoms with van der Waals surface area (Å²) < 4.78 is 0. The summed E-state index contributed by atoms with van der Waals surface area (Å²) >= 11 is 7.66.